The summed E-state index contributed by atoms with van der Waals surface area (Å²) < 4.78 is 25.2. The van der Waals surface area contributed by atoms with Gasteiger partial charge in [-0.25, -0.2) is 13.4 Å². The highest BCUT2D eigenvalue weighted by molar-refractivity contribution is 7.91. The largest absolute Gasteiger partial charge is 0.490 e. The number of rotatable bonds is 3. The Hall–Kier alpha value is -2.16. The fraction of sp³-hybridized carbons (Fsp3) is 0. The smallest absolute Gasteiger partial charge is 0.423 e. The molecule has 0 bridgehead atoms. The maximum absolute atomic E-state index is 12.6. The van der Waals surface area contributed by atoms with E-state index < -0.39 is 17.0 Å². The number of sulfone groups is 1. The van der Waals surface area contributed by atoms with Crippen LogP contribution in [-0.2, 0) is 9.84 Å². The molecule has 0 aliphatic carbocycles. The van der Waals surface area contributed by atoms with Gasteiger partial charge in [-0.3, -0.25) is 0 Å². The number of H-pyrrole nitrogens is 1. The third-order valence-corrected chi connectivity index (χ3v) is 4.89. The summed E-state index contributed by atoms with van der Waals surface area (Å²) in [5.74, 6) is 0. The van der Waals surface area contributed by atoms with E-state index in [1.165, 1.54) is 18.3 Å². The molecular weight excluding hydrogens is 291 g/mol. The molecule has 0 saturated heterocycles. The Morgan fingerprint density at radius 3 is 2.48 bits per heavy atom. The third kappa shape index (κ3) is 2.23. The van der Waals surface area contributed by atoms with E-state index in [2.05, 4.69) is 9.97 Å². The van der Waals surface area contributed by atoms with Crippen molar-refractivity contribution < 1.29 is 18.5 Å². The lowest BCUT2D eigenvalue weighted by atomic mass is 9.79. The molecule has 0 fully saturated rings. The van der Waals surface area contributed by atoms with Crippen molar-refractivity contribution in [3.05, 3.63) is 48.8 Å². The summed E-state index contributed by atoms with van der Waals surface area (Å²) >= 11 is 0. The van der Waals surface area contributed by atoms with Gasteiger partial charge in [0.1, 0.15) is 0 Å². The lowest BCUT2D eigenvalue weighted by Gasteiger charge is -2.07. The van der Waals surface area contributed by atoms with Gasteiger partial charge in [-0.1, -0.05) is 18.2 Å². The van der Waals surface area contributed by atoms with Gasteiger partial charge in [0.25, 0.3) is 0 Å². The van der Waals surface area contributed by atoms with Gasteiger partial charge in [0, 0.05) is 23.2 Å². The molecule has 0 aliphatic heterocycles. The normalized spacial score (nSPS) is 11.7. The number of fused-ring (bicyclic) bond motifs is 1. The first-order valence-electron chi connectivity index (χ1n) is 6.14. The Balaban J connectivity index is 2.28. The van der Waals surface area contributed by atoms with Crippen LogP contribution in [0.25, 0.3) is 10.9 Å². The number of hydrogen-bond acceptors (Lipinski definition) is 5. The Kier molecular flexibility index (Phi) is 3.28. The van der Waals surface area contributed by atoms with Gasteiger partial charge in [-0.15, -0.1) is 0 Å². The molecule has 6 nitrogen and oxygen atoms in total. The summed E-state index contributed by atoms with van der Waals surface area (Å²) in [6.45, 7) is 0. The predicted octanol–water partition coefficient (Wildman–Crippen LogP) is 0.0755. The molecule has 0 spiro atoms. The van der Waals surface area contributed by atoms with Crippen LogP contribution in [0.3, 0.4) is 0 Å². The predicted molar refractivity (Wildman–Crippen MR) is 77.8 cm³/mol. The molecule has 3 aromatic rings. The Morgan fingerprint density at radius 2 is 1.81 bits per heavy atom. The van der Waals surface area contributed by atoms with Crippen LogP contribution in [0.2, 0.25) is 0 Å². The van der Waals surface area contributed by atoms with Crippen LogP contribution >= 0.6 is 0 Å². The highest BCUT2D eigenvalue weighted by atomic mass is 32.2. The average Bonchev–Trinajstić information content (AvgIpc) is 2.96. The van der Waals surface area contributed by atoms with E-state index in [9.17, 15) is 18.5 Å². The fourth-order valence-electron chi connectivity index (χ4n) is 2.17. The molecule has 0 aliphatic rings. The molecule has 106 valence electrons. The van der Waals surface area contributed by atoms with Gasteiger partial charge in [0.15, 0.2) is 5.03 Å². The minimum atomic E-state index is -3.78. The number of nitrogens with one attached hydrogen (secondary N) is 1. The van der Waals surface area contributed by atoms with Gasteiger partial charge < -0.3 is 15.0 Å². The molecule has 0 atom stereocenters. The number of benzene rings is 1. The van der Waals surface area contributed by atoms with Crippen LogP contribution in [0, 0.1) is 0 Å². The molecular formula is C13H11BN2O4S. The molecule has 21 heavy (non-hydrogen) atoms. The molecule has 8 heteroatoms. The van der Waals surface area contributed by atoms with Gasteiger partial charge in [0.05, 0.1) is 10.4 Å². The number of nitrogens with zero attached hydrogens (tertiary/aromatic N) is 1. The summed E-state index contributed by atoms with van der Waals surface area (Å²) in [5, 5.41) is 18.9. The van der Waals surface area contributed by atoms with Gasteiger partial charge >= 0.3 is 7.12 Å². The Morgan fingerprint density at radius 1 is 1.10 bits per heavy atom. The molecule has 0 saturated carbocycles. The SMILES string of the molecule is O=S(=O)(c1ccccc1)c1ncc(B(O)O)c2cc[nH]c12. The number of hydrogen-bond donors (Lipinski definition) is 3. The minimum Gasteiger partial charge on any atom is -0.423 e. The van der Waals surface area contributed by atoms with Crippen molar-refractivity contribution in [3.63, 3.8) is 0 Å². The molecule has 1 aromatic carbocycles. The van der Waals surface area contributed by atoms with Crippen LogP contribution < -0.4 is 5.46 Å². The Labute approximate surface area is 121 Å². The molecule has 3 N–H and O–H groups in total. The third-order valence-electron chi connectivity index (χ3n) is 3.18. The van der Waals surface area contributed by atoms with Crippen molar-refractivity contribution in [2.75, 3.05) is 0 Å². The van der Waals surface area contributed by atoms with Crippen molar-refractivity contribution in [2.24, 2.45) is 0 Å². The van der Waals surface area contributed by atoms with Gasteiger partial charge in [-0.05, 0) is 18.2 Å². The topological polar surface area (TPSA) is 103 Å². The quantitative estimate of drug-likeness (QED) is 0.594. The van der Waals surface area contributed by atoms with Gasteiger partial charge in [-0.2, -0.15) is 0 Å². The van der Waals surface area contributed by atoms with Gasteiger partial charge in [0.2, 0.25) is 9.84 Å². The van der Waals surface area contributed by atoms with E-state index in [1.54, 1.807) is 24.3 Å². The van der Waals surface area contributed by atoms with Crippen molar-refractivity contribution in [1.29, 1.82) is 0 Å². The molecule has 2 heterocycles. The zero-order chi connectivity index (χ0) is 15.0. The van der Waals surface area contributed by atoms with E-state index in [0.717, 1.165) is 6.20 Å². The standard InChI is InChI=1S/C13H11BN2O4S/c17-14(18)11-8-16-13(12-10(11)6-7-15-12)21(19,20)9-4-2-1-3-5-9/h1-8,15,17-18H. The number of aromatic nitrogens is 2. The van der Waals surface area contributed by atoms with E-state index in [-0.39, 0.29) is 20.9 Å². The maximum atomic E-state index is 12.6. The number of aromatic amines is 1. The summed E-state index contributed by atoms with van der Waals surface area (Å²) in [6, 6.07) is 9.54. The first kappa shape index (κ1) is 13.8. The average molecular weight is 302 g/mol. The van der Waals surface area contributed by atoms with Crippen LogP contribution in [0.4, 0.5) is 0 Å². The summed E-state index contributed by atoms with van der Waals surface area (Å²) in [5.41, 5.74) is 0.405. The van der Waals surface area contributed by atoms with Crippen LogP contribution in [0.15, 0.2) is 58.7 Å². The highest BCUT2D eigenvalue weighted by Crippen LogP contribution is 2.24. The van der Waals surface area contributed by atoms with E-state index in [0.29, 0.717) is 5.39 Å². The van der Waals surface area contributed by atoms with Crippen LogP contribution in [0.5, 0.6) is 0 Å². The first-order valence-corrected chi connectivity index (χ1v) is 7.62. The van der Waals surface area contributed by atoms with Crippen LogP contribution in [-0.4, -0.2) is 35.6 Å². The lowest BCUT2D eigenvalue weighted by Crippen LogP contribution is -2.31. The van der Waals surface area contributed by atoms with Crippen molar-refractivity contribution in [2.45, 2.75) is 9.92 Å². The van der Waals surface area contributed by atoms with Crippen LogP contribution in [0.1, 0.15) is 0 Å². The van der Waals surface area contributed by atoms with Crippen molar-refractivity contribution in [3.8, 4) is 0 Å². The fourth-order valence-corrected chi connectivity index (χ4v) is 3.54. The summed E-state index contributed by atoms with van der Waals surface area (Å²) in [7, 11) is -5.50. The van der Waals surface area contributed by atoms with E-state index >= 15 is 0 Å². The zero-order valence-corrected chi connectivity index (χ0v) is 11.6. The monoisotopic (exact) mass is 302 g/mol. The molecule has 3 rings (SSSR count). The summed E-state index contributed by atoms with van der Waals surface area (Å²) in [6.07, 6.45) is 2.69. The zero-order valence-electron chi connectivity index (χ0n) is 10.8. The molecule has 0 amide bonds. The second-order valence-corrected chi connectivity index (χ2v) is 6.34. The first-order chi connectivity index (χ1) is 10.0. The van der Waals surface area contributed by atoms with E-state index in [4.69, 9.17) is 0 Å². The minimum absolute atomic E-state index is 0.130. The molecule has 0 radical (unpaired) electrons. The van der Waals surface area contributed by atoms with E-state index in [1.807, 2.05) is 0 Å². The highest BCUT2D eigenvalue weighted by Gasteiger charge is 2.25. The molecule has 2 aromatic heterocycles. The summed E-state index contributed by atoms with van der Waals surface area (Å²) in [4.78, 5) is 6.83. The van der Waals surface area contributed by atoms with Crippen molar-refractivity contribution in [1.82, 2.24) is 9.97 Å². The van der Waals surface area contributed by atoms with Crippen molar-refractivity contribution >= 4 is 33.3 Å². The Bertz CT molecular complexity index is 891. The number of pyridine rings is 1. The maximum Gasteiger partial charge on any atom is 0.490 e. The lowest BCUT2D eigenvalue weighted by molar-refractivity contribution is 0.426. The second kappa shape index (κ2) is 4.99. The second-order valence-electron chi connectivity index (χ2n) is 4.48. The molecule has 0 unspecified atom stereocenters.